The third kappa shape index (κ3) is 6.05. The smallest absolute Gasteiger partial charge is 0.0671 e. The molecule has 0 fully saturated rings. The lowest BCUT2D eigenvalue weighted by molar-refractivity contribution is 0.0747. The van der Waals surface area contributed by atoms with E-state index in [0.717, 1.165) is 13.2 Å². The highest BCUT2D eigenvalue weighted by Gasteiger charge is 1.99. The number of hydrogen-bond donors (Lipinski definition) is 1. The Kier molecular flexibility index (Phi) is 5.64. The Morgan fingerprint density at radius 1 is 1.30 bits per heavy atom. The highest BCUT2D eigenvalue weighted by atomic mass is 16.5. The fourth-order valence-corrected chi connectivity index (χ4v) is 0.745. The number of rotatable bonds is 5. The molecule has 2 nitrogen and oxygen atoms in total. The highest BCUT2D eigenvalue weighted by Crippen LogP contribution is 1.88. The molecule has 0 aliphatic rings. The van der Waals surface area contributed by atoms with Gasteiger partial charge in [-0.2, -0.15) is 0 Å². The van der Waals surface area contributed by atoms with Gasteiger partial charge in [-0.3, -0.25) is 0 Å². The van der Waals surface area contributed by atoms with Crippen molar-refractivity contribution >= 4 is 0 Å². The van der Waals surface area contributed by atoms with E-state index in [9.17, 15) is 0 Å². The van der Waals surface area contributed by atoms with Crippen molar-refractivity contribution < 1.29 is 4.74 Å². The van der Waals surface area contributed by atoms with Gasteiger partial charge in [0.15, 0.2) is 0 Å². The quantitative estimate of drug-likeness (QED) is 0.631. The first-order chi connectivity index (χ1) is 4.66. The summed E-state index contributed by atoms with van der Waals surface area (Å²) in [5, 5.41) is 3.31. The fourth-order valence-electron chi connectivity index (χ4n) is 0.745. The van der Waals surface area contributed by atoms with Crippen molar-refractivity contribution in [3.05, 3.63) is 0 Å². The van der Waals surface area contributed by atoms with Crippen LogP contribution in [0.2, 0.25) is 0 Å². The Morgan fingerprint density at radius 2 is 1.90 bits per heavy atom. The summed E-state index contributed by atoms with van der Waals surface area (Å²) >= 11 is 0. The first kappa shape index (κ1) is 9.92. The van der Waals surface area contributed by atoms with Crippen LogP contribution in [0.4, 0.5) is 0 Å². The van der Waals surface area contributed by atoms with Gasteiger partial charge in [0.1, 0.15) is 0 Å². The number of ether oxygens (including phenoxy) is 1. The van der Waals surface area contributed by atoms with Gasteiger partial charge in [-0.05, 0) is 13.8 Å². The molecule has 0 amide bonds. The molecule has 0 heterocycles. The Bertz CT molecular complexity index is 73.7. The summed E-state index contributed by atoms with van der Waals surface area (Å²) in [7, 11) is 0. The average molecular weight is 145 g/mol. The zero-order valence-electron chi connectivity index (χ0n) is 7.48. The van der Waals surface area contributed by atoms with Crippen LogP contribution in [-0.2, 0) is 4.74 Å². The Balaban J connectivity index is 3.12. The minimum Gasteiger partial charge on any atom is -0.377 e. The summed E-state index contributed by atoms with van der Waals surface area (Å²) in [6, 6.07) is 0.558. The van der Waals surface area contributed by atoms with Crippen LogP contribution in [0.5, 0.6) is 0 Å². The van der Waals surface area contributed by atoms with Gasteiger partial charge in [0, 0.05) is 19.2 Å². The summed E-state index contributed by atoms with van der Waals surface area (Å²) in [6.07, 6.45) is 0.340. The number of nitrogens with one attached hydrogen (secondary N) is 1. The third-order valence-corrected chi connectivity index (χ3v) is 1.26. The largest absolute Gasteiger partial charge is 0.377 e. The van der Waals surface area contributed by atoms with Crippen LogP contribution < -0.4 is 5.32 Å². The van der Waals surface area contributed by atoms with Crippen LogP contribution in [0.15, 0.2) is 0 Å². The topological polar surface area (TPSA) is 21.3 Å². The minimum absolute atomic E-state index is 0.340. The van der Waals surface area contributed by atoms with Crippen LogP contribution in [-0.4, -0.2) is 25.3 Å². The predicted molar refractivity (Wildman–Crippen MR) is 44.2 cm³/mol. The normalized spacial score (nSPS) is 14.1. The number of hydrogen-bond acceptors (Lipinski definition) is 2. The van der Waals surface area contributed by atoms with E-state index in [4.69, 9.17) is 4.74 Å². The van der Waals surface area contributed by atoms with Crippen molar-refractivity contribution in [2.45, 2.75) is 39.8 Å². The van der Waals surface area contributed by atoms with Crippen LogP contribution in [0.3, 0.4) is 0 Å². The van der Waals surface area contributed by atoms with E-state index in [-0.39, 0.29) is 0 Å². The third-order valence-electron chi connectivity index (χ3n) is 1.26. The molecule has 2 heteroatoms. The summed E-state index contributed by atoms with van der Waals surface area (Å²) in [5.41, 5.74) is 0. The van der Waals surface area contributed by atoms with Gasteiger partial charge in [0.2, 0.25) is 0 Å². The van der Waals surface area contributed by atoms with Crippen molar-refractivity contribution in [3.63, 3.8) is 0 Å². The molecule has 0 spiro atoms. The molecule has 10 heavy (non-hydrogen) atoms. The molecular formula is C8H19NO. The molecule has 1 atom stereocenters. The molecule has 1 unspecified atom stereocenters. The summed E-state index contributed by atoms with van der Waals surface area (Å²) in [5.74, 6) is 0. The van der Waals surface area contributed by atoms with Gasteiger partial charge in [0.05, 0.1) is 6.10 Å². The zero-order chi connectivity index (χ0) is 7.98. The summed E-state index contributed by atoms with van der Waals surface area (Å²) in [4.78, 5) is 0. The molecule has 0 bridgehead atoms. The van der Waals surface area contributed by atoms with Gasteiger partial charge in [-0.25, -0.2) is 0 Å². The Labute approximate surface area is 64.0 Å². The van der Waals surface area contributed by atoms with E-state index in [1.54, 1.807) is 0 Å². The standard InChI is InChI=1S/C8H19NO/c1-5-10-8(4)6-9-7(2)3/h7-9H,5-6H2,1-4H3. The van der Waals surface area contributed by atoms with Crippen LogP contribution in [0.25, 0.3) is 0 Å². The van der Waals surface area contributed by atoms with Crippen LogP contribution >= 0.6 is 0 Å². The van der Waals surface area contributed by atoms with Crippen molar-refractivity contribution in [2.75, 3.05) is 13.2 Å². The maximum absolute atomic E-state index is 5.33. The lowest BCUT2D eigenvalue weighted by Crippen LogP contribution is -2.31. The summed E-state index contributed by atoms with van der Waals surface area (Å²) in [6.45, 7) is 10.1. The molecule has 0 saturated carbocycles. The van der Waals surface area contributed by atoms with Gasteiger partial charge >= 0.3 is 0 Å². The minimum atomic E-state index is 0.340. The molecule has 0 rings (SSSR count). The molecule has 0 aromatic carbocycles. The van der Waals surface area contributed by atoms with Gasteiger partial charge < -0.3 is 10.1 Å². The summed E-state index contributed by atoms with van der Waals surface area (Å²) < 4.78 is 5.33. The first-order valence-corrected chi connectivity index (χ1v) is 4.01. The van der Waals surface area contributed by atoms with E-state index in [1.807, 2.05) is 6.92 Å². The maximum Gasteiger partial charge on any atom is 0.0671 e. The molecule has 1 N–H and O–H groups in total. The van der Waals surface area contributed by atoms with E-state index in [1.165, 1.54) is 0 Å². The van der Waals surface area contributed by atoms with E-state index >= 15 is 0 Å². The molecular weight excluding hydrogens is 126 g/mol. The van der Waals surface area contributed by atoms with E-state index < -0.39 is 0 Å². The Hall–Kier alpha value is -0.0800. The molecule has 0 aliphatic carbocycles. The van der Waals surface area contributed by atoms with E-state index in [2.05, 4.69) is 26.1 Å². The average Bonchev–Trinajstić information content (AvgIpc) is 1.85. The molecule has 62 valence electrons. The second-order valence-electron chi connectivity index (χ2n) is 2.83. The second-order valence-corrected chi connectivity index (χ2v) is 2.83. The lowest BCUT2D eigenvalue weighted by Gasteiger charge is -2.14. The predicted octanol–water partition coefficient (Wildman–Crippen LogP) is 1.41. The second kappa shape index (κ2) is 5.69. The fraction of sp³-hybridized carbons (Fsp3) is 1.00. The van der Waals surface area contributed by atoms with Gasteiger partial charge in [-0.1, -0.05) is 13.8 Å². The van der Waals surface area contributed by atoms with Crippen molar-refractivity contribution in [2.24, 2.45) is 0 Å². The zero-order valence-corrected chi connectivity index (χ0v) is 7.48. The maximum atomic E-state index is 5.33. The SMILES string of the molecule is CCOC(C)CNC(C)C. The van der Waals surface area contributed by atoms with Crippen molar-refractivity contribution in [3.8, 4) is 0 Å². The van der Waals surface area contributed by atoms with Gasteiger partial charge in [-0.15, -0.1) is 0 Å². The molecule has 0 saturated heterocycles. The molecule has 0 aliphatic heterocycles. The van der Waals surface area contributed by atoms with Crippen LogP contribution in [0.1, 0.15) is 27.7 Å². The Morgan fingerprint density at radius 3 is 2.30 bits per heavy atom. The van der Waals surface area contributed by atoms with Crippen molar-refractivity contribution in [1.29, 1.82) is 0 Å². The molecule has 0 aromatic heterocycles. The first-order valence-electron chi connectivity index (χ1n) is 4.01. The highest BCUT2D eigenvalue weighted by molar-refractivity contribution is 4.57. The lowest BCUT2D eigenvalue weighted by atomic mass is 10.3. The monoisotopic (exact) mass is 145 g/mol. The molecule has 0 radical (unpaired) electrons. The van der Waals surface area contributed by atoms with E-state index in [0.29, 0.717) is 12.1 Å². The van der Waals surface area contributed by atoms with Gasteiger partial charge in [0.25, 0.3) is 0 Å². The van der Waals surface area contributed by atoms with Crippen molar-refractivity contribution in [1.82, 2.24) is 5.32 Å². The van der Waals surface area contributed by atoms with Crippen LogP contribution in [0, 0.1) is 0 Å². The molecule has 0 aromatic rings.